The number of aromatic amines is 1. The maximum absolute atomic E-state index is 14.2. The van der Waals surface area contributed by atoms with Crippen LogP contribution in [0.3, 0.4) is 0 Å². The minimum Gasteiger partial charge on any atom is -0.365 e. The van der Waals surface area contributed by atoms with E-state index in [1.54, 1.807) is 6.20 Å². The molecule has 0 saturated carbocycles. The highest BCUT2D eigenvalue weighted by Crippen LogP contribution is 2.22. The van der Waals surface area contributed by atoms with E-state index in [-0.39, 0.29) is 17.8 Å². The van der Waals surface area contributed by atoms with E-state index in [2.05, 4.69) is 30.8 Å². The van der Waals surface area contributed by atoms with Crippen LogP contribution in [0.15, 0.2) is 30.6 Å². The maximum atomic E-state index is 14.2. The van der Waals surface area contributed by atoms with Gasteiger partial charge in [-0.2, -0.15) is 10.1 Å². The number of aromatic nitrogens is 4. The van der Waals surface area contributed by atoms with Gasteiger partial charge in [0.1, 0.15) is 0 Å². The lowest BCUT2D eigenvalue weighted by Gasteiger charge is -2.30. The second-order valence-electron chi connectivity index (χ2n) is 6.77. The number of fused-ring (bicyclic) bond motifs is 1. The van der Waals surface area contributed by atoms with Crippen molar-refractivity contribution < 1.29 is 12.8 Å². The van der Waals surface area contributed by atoms with E-state index in [9.17, 15) is 12.8 Å². The smallest absolute Gasteiger partial charge is 0.229 e. The van der Waals surface area contributed by atoms with E-state index in [1.165, 1.54) is 10.6 Å². The number of hydrogen-bond donors (Lipinski definition) is 3. The van der Waals surface area contributed by atoms with Gasteiger partial charge in [-0.15, -0.1) is 0 Å². The van der Waals surface area contributed by atoms with Crippen molar-refractivity contribution in [1.29, 1.82) is 0 Å². The summed E-state index contributed by atoms with van der Waals surface area (Å²) in [6, 6.07) is 5.57. The Kier molecular flexibility index (Phi) is 4.85. The molecule has 1 fully saturated rings. The molecule has 0 aliphatic carbocycles. The summed E-state index contributed by atoms with van der Waals surface area (Å²) in [5.74, 6) is -0.200. The molecule has 0 unspecified atom stereocenters. The highest BCUT2D eigenvalue weighted by Gasteiger charge is 2.25. The summed E-state index contributed by atoms with van der Waals surface area (Å²) < 4.78 is 38.8. The van der Waals surface area contributed by atoms with Gasteiger partial charge in [0.15, 0.2) is 11.6 Å². The van der Waals surface area contributed by atoms with Crippen LogP contribution in [0.4, 0.5) is 21.8 Å². The van der Waals surface area contributed by atoms with Crippen molar-refractivity contribution in [2.45, 2.75) is 18.9 Å². The monoisotopic (exact) mass is 405 g/mol. The summed E-state index contributed by atoms with van der Waals surface area (Å²) >= 11 is 0. The van der Waals surface area contributed by atoms with Gasteiger partial charge in [0.25, 0.3) is 0 Å². The number of nitrogens with zero attached hydrogens (tertiary/aromatic N) is 4. The average Bonchev–Trinajstić information content (AvgIpc) is 3.12. The van der Waals surface area contributed by atoms with E-state index < -0.39 is 15.8 Å². The number of halogens is 1. The van der Waals surface area contributed by atoms with Gasteiger partial charge in [-0.1, -0.05) is 0 Å². The first kappa shape index (κ1) is 18.6. The Morgan fingerprint density at radius 2 is 2.04 bits per heavy atom. The minimum atomic E-state index is -3.19. The molecule has 2 aromatic heterocycles. The molecule has 0 radical (unpaired) electrons. The summed E-state index contributed by atoms with van der Waals surface area (Å²) in [5.41, 5.74) is 1.61. The number of piperidine rings is 1. The molecule has 4 rings (SSSR count). The van der Waals surface area contributed by atoms with Gasteiger partial charge < -0.3 is 10.6 Å². The molecule has 0 atom stereocenters. The first-order chi connectivity index (χ1) is 13.4. The second-order valence-corrected chi connectivity index (χ2v) is 8.75. The molecular weight excluding hydrogens is 385 g/mol. The van der Waals surface area contributed by atoms with Crippen molar-refractivity contribution in [3.63, 3.8) is 0 Å². The van der Waals surface area contributed by atoms with Gasteiger partial charge in [0, 0.05) is 30.2 Å². The largest absolute Gasteiger partial charge is 0.365 e. The first-order valence-electron chi connectivity index (χ1n) is 8.83. The molecule has 28 heavy (non-hydrogen) atoms. The zero-order chi connectivity index (χ0) is 19.7. The fourth-order valence-electron chi connectivity index (χ4n) is 3.20. The molecule has 1 saturated heterocycles. The third kappa shape index (κ3) is 4.04. The van der Waals surface area contributed by atoms with Gasteiger partial charge in [0.2, 0.25) is 16.0 Å². The van der Waals surface area contributed by atoms with Crippen molar-refractivity contribution in [2.24, 2.45) is 0 Å². The lowest BCUT2D eigenvalue weighted by molar-refractivity contribution is 0.331. The van der Waals surface area contributed by atoms with Gasteiger partial charge in [-0.05, 0) is 31.0 Å². The summed E-state index contributed by atoms with van der Waals surface area (Å²) in [7, 11) is -3.19. The Morgan fingerprint density at radius 1 is 1.25 bits per heavy atom. The highest BCUT2D eigenvalue weighted by molar-refractivity contribution is 7.88. The topological polar surface area (TPSA) is 116 Å². The number of sulfonamides is 1. The standard InChI is InChI=1S/C17H20FN7O2S/c1-28(26,27)25-6-4-12(5-7-25)21-16-14(18)10-19-17(23-16)22-13-3-2-11-9-20-24-15(11)8-13/h2-3,8-10,12H,4-7H2,1H3,(H,20,24)(H2,19,21,22,23). The second kappa shape index (κ2) is 7.32. The van der Waals surface area contributed by atoms with Crippen LogP contribution in [-0.2, 0) is 10.0 Å². The Labute approximate surface area is 161 Å². The van der Waals surface area contributed by atoms with E-state index in [0.717, 1.165) is 22.8 Å². The van der Waals surface area contributed by atoms with Crippen molar-refractivity contribution >= 4 is 38.4 Å². The first-order valence-corrected chi connectivity index (χ1v) is 10.7. The molecule has 3 aromatic rings. The highest BCUT2D eigenvalue weighted by atomic mass is 32.2. The molecule has 0 spiro atoms. The van der Waals surface area contributed by atoms with E-state index >= 15 is 0 Å². The van der Waals surface area contributed by atoms with Crippen molar-refractivity contribution in [3.8, 4) is 0 Å². The normalized spacial score (nSPS) is 16.4. The van der Waals surface area contributed by atoms with Crippen LogP contribution in [0, 0.1) is 5.82 Å². The lowest BCUT2D eigenvalue weighted by Crippen LogP contribution is -2.42. The number of hydrogen-bond acceptors (Lipinski definition) is 7. The predicted molar refractivity (Wildman–Crippen MR) is 104 cm³/mol. The zero-order valence-corrected chi connectivity index (χ0v) is 16.0. The van der Waals surface area contributed by atoms with Crippen molar-refractivity contribution in [1.82, 2.24) is 24.5 Å². The quantitative estimate of drug-likeness (QED) is 0.595. The van der Waals surface area contributed by atoms with Gasteiger partial charge in [-0.3, -0.25) is 5.10 Å². The van der Waals surface area contributed by atoms with Crippen LogP contribution in [0.2, 0.25) is 0 Å². The summed E-state index contributed by atoms with van der Waals surface area (Å²) in [6.45, 7) is 0.803. The van der Waals surface area contributed by atoms with Crippen LogP contribution < -0.4 is 10.6 Å². The average molecular weight is 405 g/mol. The van der Waals surface area contributed by atoms with Gasteiger partial charge >= 0.3 is 0 Å². The summed E-state index contributed by atoms with van der Waals surface area (Å²) in [5, 5.41) is 14.0. The Hall–Kier alpha value is -2.79. The number of benzene rings is 1. The van der Waals surface area contributed by atoms with Gasteiger partial charge in [0.05, 0.1) is 24.2 Å². The summed E-state index contributed by atoms with van der Waals surface area (Å²) in [4.78, 5) is 8.22. The molecule has 3 heterocycles. The number of rotatable bonds is 5. The molecular formula is C17H20FN7O2S. The molecule has 3 N–H and O–H groups in total. The molecule has 1 aliphatic heterocycles. The van der Waals surface area contributed by atoms with Crippen LogP contribution in [0.5, 0.6) is 0 Å². The maximum Gasteiger partial charge on any atom is 0.229 e. The van der Waals surface area contributed by atoms with E-state index in [1.807, 2.05) is 18.2 Å². The lowest BCUT2D eigenvalue weighted by atomic mass is 10.1. The minimum absolute atomic E-state index is 0.0587. The Bertz CT molecular complexity index is 1090. The summed E-state index contributed by atoms with van der Waals surface area (Å²) in [6.07, 6.45) is 5.19. The van der Waals surface area contributed by atoms with Crippen LogP contribution in [0.25, 0.3) is 10.9 Å². The zero-order valence-electron chi connectivity index (χ0n) is 15.2. The van der Waals surface area contributed by atoms with Crippen molar-refractivity contribution in [3.05, 3.63) is 36.4 Å². The fraction of sp³-hybridized carbons (Fsp3) is 0.353. The molecule has 0 amide bonds. The number of anilines is 3. The molecule has 0 bridgehead atoms. The number of nitrogens with one attached hydrogen (secondary N) is 3. The number of H-pyrrole nitrogens is 1. The van der Waals surface area contributed by atoms with Gasteiger partial charge in [-0.25, -0.2) is 22.1 Å². The van der Waals surface area contributed by atoms with Crippen LogP contribution in [0.1, 0.15) is 12.8 Å². The Morgan fingerprint density at radius 3 is 2.79 bits per heavy atom. The predicted octanol–water partition coefficient (Wildman–Crippen LogP) is 2.07. The van der Waals surface area contributed by atoms with E-state index in [0.29, 0.717) is 25.9 Å². The fourth-order valence-corrected chi connectivity index (χ4v) is 4.07. The molecule has 1 aromatic carbocycles. The van der Waals surface area contributed by atoms with E-state index in [4.69, 9.17) is 0 Å². The Balaban J connectivity index is 1.45. The van der Waals surface area contributed by atoms with Crippen LogP contribution >= 0.6 is 0 Å². The third-order valence-corrected chi connectivity index (χ3v) is 6.01. The third-order valence-electron chi connectivity index (χ3n) is 4.71. The van der Waals surface area contributed by atoms with Crippen LogP contribution in [-0.4, -0.2) is 58.3 Å². The SMILES string of the molecule is CS(=O)(=O)N1CCC(Nc2nc(Nc3ccc4cn[nH]c4c3)ncc2F)CC1. The molecule has 11 heteroatoms. The molecule has 9 nitrogen and oxygen atoms in total. The molecule has 1 aliphatic rings. The van der Waals surface area contributed by atoms with Crippen molar-refractivity contribution in [2.75, 3.05) is 30.0 Å². The molecule has 148 valence electrons.